The van der Waals surface area contributed by atoms with Gasteiger partial charge in [0.25, 0.3) is 6.43 Å². The summed E-state index contributed by atoms with van der Waals surface area (Å²) in [5, 5.41) is 10.3. The second-order valence-corrected chi connectivity index (χ2v) is 4.71. The molecular formula is C12H16F2N4O. The van der Waals surface area contributed by atoms with Gasteiger partial charge in [0.2, 0.25) is 5.91 Å². The number of amides is 1. The molecule has 0 bridgehead atoms. The van der Waals surface area contributed by atoms with Gasteiger partial charge in [0, 0.05) is 13.1 Å². The van der Waals surface area contributed by atoms with Gasteiger partial charge in [-0.25, -0.2) is 8.78 Å². The van der Waals surface area contributed by atoms with Crippen LogP contribution in [0, 0.1) is 19.8 Å². The van der Waals surface area contributed by atoms with E-state index >= 15 is 0 Å². The number of hydrogen-bond acceptors (Lipinski definition) is 4. The van der Waals surface area contributed by atoms with Crippen molar-refractivity contribution in [2.45, 2.75) is 20.3 Å². The summed E-state index contributed by atoms with van der Waals surface area (Å²) in [4.78, 5) is 13.4. The maximum absolute atomic E-state index is 12.0. The Hall–Kier alpha value is -1.79. The van der Waals surface area contributed by atoms with Crippen LogP contribution in [0.5, 0.6) is 0 Å². The summed E-state index contributed by atoms with van der Waals surface area (Å²) in [6, 6.07) is 1.91. The van der Waals surface area contributed by atoms with E-state index in [4.69, 9.17) is 0 Å². The summed E-state index contributed by atoms with van der Waals surface area (Å²) in [6.45, 7) is 4.22. The number of halogens is 2. The summed E-state index contributed by atoms with van der Waals surface area (Å²) in [5.41, 5.74) is 1.91. The first-order chi connectivity index (χ1) is 8.97. The molecule has 0 atom stereocenters. The van der Waals surface area contributed by atoms with Gasteiger partial charge in [0.1, 0.15) is 0 Å². The van der Waals surface area contributed by atoms with Gasteiger partial charge in [0.05, 0.1) is 18.2 Å². The predicted octanol–water partition coefficient (Wildman–Crippen LogP) is 0.911. The molecule has 1 aliphatic heterocycles. The molecule has 1 saturated heterocycles. The molecule has 104 valence electrons. The van der Waals surface area contributed by atoms with E-state index in [1.165, 1.54) is 0 Å². The molecule has 0 saturated carbocycles. The highest BCUT2D eigenvalue weighted by Gasteiger charge is 2.33. The molecule has 1 fully saturated rings. The number of carbonyl (C=O) groups is 1. The summed E-state index contributed by atoms with van der Waals surface area (Å²) < 4.78 is 23.9. The Balaban J connectivity index is 1.85. The van der Waals surface area contributed by atoms with Gasteiger partial charge in [-0.1, -0.05) is 0 Å². The van der Waals surface area contributed by atoms with Crippen LogP contribution >= 0.6 is 0 Å². The first kappa shape index (κ1) is 13.6. The van der Waals surface area contributed by atoms with Crippen LogP contribution in [-0.4, -0.2) is 42.2 Å². The summed E-state index contributed by atoms with van der Waals surface area (Å²) >= 11 is 0. The first-order valence-corrected chi connectivity index (χ1v) is 6.09. The summed E-state index contributed by atoms with van der Waals surface area (Å²) in [7, 11) is 0. The molecule has 7 heteroatoms. The Morgan fingerprint density at radius 2 is 2.16 bits per heavy atom. The van der Waals surface area contributed by atoms with Gasteiger partial charge in [-0.05, 0) is 25.5 Å². The molecule has 2 rings (SSSR count). The topological polar surface area (TPSA) is 58.1 Å². The quantitative estimate of drug-likeness (QED) is 0.883. The van der Waals surface area contributed by atoms with Crippen LogP contribution in [0.1, 0.15) is 11.3 Å². The van der Waals surface area contributed by atoms with E-state index in [-0.39, 0.29) is 11.8 Å². The largest absolute Gasteiger partial charge is 0.353 e. The van der Waals surface area contributed by atoms with Crippen LogP contribution in [0.2, 0.25) is 0 Å². The molecule has 1 aromatic rings. The van der Waals surface area contributed by atoms with Crippen molar-refractivity contribution in [2.24, 2.45) is 5.92 Å². The average Bonchev–Trinajstić information content (AvgIpc) is 2.29. The van der Waals surface area contributed by atoms with E-state index in [1.54, 1.807) is 0 Å². The molecule has 0 spiro atoms. The number of carbonyl (C=O) groups excluding carboxylic acids is 1. The van der Waals surface area contributed by atoms with Gasteiger partial charge in [-0.2, -0.15) is 5.10 Å². The third-order valence-corrected chi connectivity index (χ3v) is 3.23. The van der Waals surface area contributed by atoms with E-state index in [2.05, 4.69) is 15.5 Å². The van der Waals surface area contributed by atoms with E-state index in [0.29, 0.717) is 13.1 Å². The van der Waals surface area contributed by atoms with E-state index in [1.807, 2.05) is 24.8 Å². The Bertz CT molecular complexity index is 475. The molecule has 5 nitrogen and oxygen atoms in total. The van der Waals surface area contributed by atoms with Crippen LogP contribution in [0.15, 0.2) is 6.07 Å². The average molecular weight is 270 g/mol. The zero-order chi connectivity index (χ0) is 14.0. The fourth-order valence-electron chi connectivity index (χ4n) is 1.84. The zero-order valence-corrected chi connectivity index (χ0v) is 10.9. The molecule has 2 heterocycles. The maximum atomic E-state index is 12.0. The Morgan fingerprint density at radius 3 is 2.74 bits per heavy atom. The smallest absolute Gasteiger partial charge is 0.255 e. The van der Waals surface area contributed by atoms with Crippen LogP contribution in [-0.2, 0) is 4.79 Å². The van der Waals surface area contributed by atoms with E-state index in [9.17, 15) is 13.6 Å². The standard InChI is InChI=1S/C12H16F2N4O/c1-7-3-11(17-16-8(7)2)18-5-9(6-18)12(19)15-4-10(13)14/h3,9-10H,4-6H2,1-2H3,(H,15,19). The normalized spacial score (nSPS) is 15.5. The van der Waals surface area contributed by atoms with Crippen LogP contribution in [0.3, 0.4) is 0 Å². The van der Waals surface area contributed by atoms with Crippen molar-refractivity contribution >= 4 is 11.7 Å². The minimum atomic E-state index is -2.51. The third-order valence-electron chi connectivity index (χ3n) is 3.23. The molecule has 1 N–H and O–H groups in total. The van der Waals surface area contributed by atoms with E-state index < -0.39 is 13.0 Å². The fraction of sp³-hybridized carbons (Fsp3) is 0.583. The summed E-state index contributed by atoms with van der Waals surface area (Å²) in [6.07, 6.45) is -2.51. The van der Waals surface area contributed by atoms with Crippen molar-refractivity contribution in [2.75, 3.05) is 24.5 Å². The molecule has 1 aromatic heterocycles. The number of rotatable bonds is 4. The van der Waals surface area contributed by atoms with Gasteiger partial charge in [0.15, 0.2) is 5.82 Å². The SMILES string of the molecule is Cc1cc(N2CC(C(=O)NCC(F)F)C2)nnc1C. The zero-order valence-electron chi connectivity index (χ0n) is 10.9. The molecular weight excluding hydrogens is 254 g/mol. The van der Waals surface area contributed by atoms with Crippen molar-refractivity contribution in [3.05, 3.63) is 17.3 Å². The number of aromatic nitrogens is 2. The fourth-order valence-corrected chi connectivity index (χ4v) is 1.84. The number of alkyl halides is 2. The molecule has 19 heavy (non-hydrogen) atoms. The molecule has 0 aromatic carbocycles. The van der Waals surface area contributed by atoms with Crippen molar-refractivity contribution < 1.29 is 13.6 Å². The van der Waals surface area contributed by atoms with E-state index in [0.717, 1.165) is 17.1 Å². The van der Waals surface area contributed by atoms with Gasteiger partial charge >= 0.3 is 0 Å². The molecule has 0 radical (unpaired) electrons. The molecule has 1 aliphatic rings. The van der Waals surface area contributed by atoms with Gasteiger partial charge in [-0.3, -0.25) is 4.79 Å². The van der Waals surface area contributed by atoms with Crippen molar-refractivity contribution in [1.29, 1.82) is 0 Å². The molecule has 0 aliphatic carbocycles. The third kappa shape index (κ3) is 3.15. The highest BCUT2D eigenvalue weighted by molar-refractivity contribution is 5.81. The lowest BCUT2D eigenvalue weighted by Crippen LogP contribution is -2.54. The highest BCUT2D eigenvalue weighted by Crippen LogP contribution is 2.23. The molecule has 1 amide bonds. The van der Waals surface area contributed by atoms with Crippen LogP contribution in [0.4, 0.5) is 14.6 Å². The minimum absolute atomic E-state index is 0.248. The maximum Gasteiger partial charge on any atom is 0.255 e. The number of aryl methyl sites for hydroxylation is 2. The lowest BCUT2D eigenvalue weighted by molar-refractivity contribution is -0.126. The number of nitrogens with one attached hydrogen (secondary N) is 1. The monoisotopic (exact) mass is 270 g/mol. The lowest BCUT2D eigenvalue weighted by Gasteiger charge is -2.38. The Labute approximate surface area is 110 Å². The summed E-state index contributed by atoms with van der Waals surface area (Å²) in [5.74, 6) is 0.150. The number of hydrogen-bond donors (Lipinski definition) is 1. The highest BCUT2D eigenvalue weighted by atomic mass is 19.3. The lowest BCUT2D eigenvalue weighted by atomic mass is 9.99. The van der Waals surface area contributed by atoms with Crippen LogP contribution in [0.25, 0.3) is 0 Å². The predicted molar refractivity (Wildman–Crippen MR) is 66.2 cm³/mol. The number of anilines is 1. The van der Waals surface area contributed by atoms with Crippen molar-refractivity contribution in [3.8, 4) is 0 Å². The Morgan fingerprint density at radius 1 is 1.47 bits per heavy atom. The first-order valence-electron chi connectivity index (χ1n) is 6.09. The van der Waals surface area contributed by atoms with Gasteiger partial charge < -0.3 is 10.2 Å². The van der Waals surface area contributed by atoms with Crippen LogP contribution < -0.4 is 10.2 Å². The second-order valence-electron chi connectivity index (χ2n) is 4.71. The minimum Gasteiger partial charge on any atom is -0.353 e. The second kappa shape index (κ2) is 5.46. The van der Waals surface area contributed by atoms with Crippen molar-refractivity contribution in [1.82, 2.24) is 15.5 Å². The molecule has 0 unspecified atom stereocenters. The van der Waals surface area contributed by atoms with Gasteiger partial charge in [-0.15, -0.1) is 5.10 Å². The number of nitrogens with zero attached hydrogens (tertiary/aromatic N) is 3. The van der Waals surface area contributed by atoms with Crippen molar-refractivity contribution in [3.63, 3.8) is 0 Å². The Kier molecular flexibility index (Phi) is 3.92.